The Morgan fingerprint density at radius 1 is 1.33 bits per heavy atom. The number of benzene rings is 1. The fourth-order valence-corrected chi connectivity index (χ4v) is 2.73. The fourth-order valence-electron chi connectivity index (χ4n) is 2.73. The third kappa shape index (κ3) is 3.76. The predicted molar refractivity (Wildman–Crippen MR) is 89.6 cm³/mol. The topological polar surface area (TPSA) is 88.6 Å². The highest BCUT2D eigenvalue weighted by Crippen LogP contribution is 2.36. The number of para-hydroxylation sites is 1. The van der Waals surface area contributed by atoms with Crippen LogP contribution in [0.3, 0.4) is 0 Å². The molecule has 0 amide bonds. The van der Waals surface area contributed by atoms with Gasteiger partial charge in [0.05, 0.1) is 25.7 Å². The average molecular weight is 331 g/mol. The molecule has 128 valence electrons. The Balaban J connectivity index is 2.60. The van der Waals surface area contributed by atoms with Crippen molar-refractivity contribution in [2.45, 2.75) is 26.2 Å². The zero-order valence-corrected chi connectivity index (χ0v) is 14.0. The van der Waals surface area contributed by atoms with E-state index in [-0.39, 0.29) is 24.3 Å². The molecule has 0 aliphatic heterocycles. The number of rotatable bonds is 6. The maximum Gasteiger partial charge on any atom is 0.306 e. The summed E-state index contributed by atoms with van der Waals surface area (Å²) >= 11 is 0. The highest BCUT2D eigenvalue weighted by Gasteiger charge is 2.27. The molecule has 6 nitrogen and oxygen atoms in total. The van der Waals surface area contributed by atoms with Gasteiger partial charge in [0.15, 0.2) is 0 Å². The summed E-state index contributed by atoms with van der Waals surface area (Å²) in [4.78, 5) is 27.1. The average Bonchev–Trinajstić information content (AvgIpc) is 2.53. The van der Waals surface area contributed by atoms with Gasteiger partial charge in [0.25, 0.3) is 5.56 Å². The number of aryl methyl sites for hydroxylation is 1. The number of aromatic nitrogens is 1. The molecule has 2 rings (SSSR count). The maximum atomic E-state index is 12.4. The number of carbonyl (C=O) groups excluding carboxylic acids is 1. The minimum Gasteiger partial charge on any atom is -0.507 e. The molecule has 1 aromatic carbocycles. The Morgan fingerprint density at radius 3 is 2.67 bits per heavy atom. The number of ether oxygens (including phenoxy) is 2. The van der Waals surface area contributed by atoms with Gasteiger partial charge in [-0.1, -0.05) is 18.2 Å². The van der Waals surface area contributed by atoms with Crippen LogP contribution in [0.15, 0.2) is 35.1 Å². The second kappa shape index (κ2) is 7.68. The number of pyridine rings is 1. The first-order valence-corrected chi connectivity index (χ1v) is 7.69. The summed E-state index contributed by atoms with van der Waals surface area (Å²) in [6.45, 7) is 3.63. The standard InChI is InChI=1S/C18H21NO5/c1-4-24-16(21)10-13(12-7-5-6-8-15(12)23-3)17-14(20)9-11(2)19-18(17)22/h5-9,13H,4,10H2,1-3H3,(H2,19,20,22)/t13-/m1/s1. The quantitative estimate of drug-likeness (QED) is 0.794. The predicted octanol–water partition coefficient (Wildman–Crippen LogP) is 2.48. The van der Waals surface area contributed by atoms with E-state index in [4.69, 9.17) is 9.47 Å². The van der Waals surface area contributed by atoms with Crippen molar-refractivity contribution < 1.29 is 19.4 Å². The molecule has 1 heterocycles. The highest BCUT2D eigenvalue weighted by atomic mass is 16.5. The van der Waals surface area contributed by atoms with Gasteiger partial charge in [-0.15, -0.1) is 0 Å². The van der Waals surface area contributed by atoms with Crippen molar-refractivity contribution in [3.63, 3.8) is 0 Å². The van der Waals surface area contributed by atoms with Crippen molar-refractivity contribution in [1.82, 2.24) is 4.98 Å². The first-order chi connectivity index (χ1) is 11.5. The number of hydrogen-bond donors (Lipinski definition) is 2. The summed E-state index contributed by atoms with van der Waals surface area (Å²) in [5.74, 6) is -0.750. The summed E-state index contributed by atoms with van der Waals surface area (Å²) in [7, 11) is 1.51. The van der Waals surface area contributed by atoms with Crippen LogP contribution in [0.2, 0.25) is 0 Å². The smallest absolute Gasteiger partial charge is 0.306 e. The molecule has 24 heavy (non-hydrogen) atoms. The molecule has 0 fully saturated rings. The minimum atomic E-state index is -0.676. The number of H-pyrrole nitrogens is 1. The SMILES string of the molecule is CCOC(=O)C[C@H](c1ccccc1OC)c1c(O)cc(C)[nH]c1=O. The summed E-state index contributed by atoms with van der Waals surface area (Å²) in [6, 6.07) is 8.55. The first-order valence-electron chi connectivity index (χ1n) is 7.69. The van der Waals surface area contributed by atoms with Gasteiger partial charge in [-0.25, -0.2) is 0 Å². The van der Waals surface area contributed by atoms with Gasteiger partial charge >= 0.3 is 5.97 Å². The third-order valence-electron chi connectivity index (χ3n) is 3.72. The van der Waals surface area contributed by atoms with E-state index in [9.17, 15) is 14.7 Å². The maximum absolute atomic E-state index is 12.4. The molecule has 2 aromatic rings. The Kier molecular flexibility index (Phi) is 5.63. The second-order valence-electron chi connectivity index (χ2n) is 5.38. The van der Waals surface area contributed by atoms with E-state index in [2.05, 4.69) is 4.98 Å². The Morgan fingerprint density at radius 2 is 2.04 bits per heavy atom. The Hall–Kier alpha value is -2.76. The fraction of sp³-hybridized carbons (Fsp3) is 0.333. The van der Waals surface area contributed by atoms with E-state index in [0.717, 1.165) is 0 Å². The zero-order chi connectivity index (χ0) is 17.7. The number of nitrogens with one attached hydrogen (secondary N) is 1. The number of carbonyl (C=O) groups is 1. The van der Waals surface area contributed by atoms with Crippen LogP contribution in [0, 0.1) is 6.92 Å². The zero-order valence-electron chi connectivity index (χ0n) is 14.0. The second-order valence-corrected chi connectivity index (χ2v) is 5.38. The molecule has 0 aliphatic rings. The number of aromatic hydroxyl groups is 1. The van der Waals surface area contributed by atoms with Gasteiger partial charge < -0.3 is 19.6 Å². The third-order valence-corrected chi connectivity index (χ3v) is 3.72. The molecule has 0 aliphatic carbocycles. The molecule has 0 saturated carbocycles. The highest BCUT2D eigenvalue weighted by molar-refractivity contribution is 5.72. The molecule has 2 N–H and O–H groups in total. The van der Waals surface area contributed by atoms with Gasteiger partial charge in [0.2, 0.25) is 0 Å². The van der Waals surface area contributed by atoms with E-state index in [0.29, 0.717) is 17.0 Å². The lowest BCUT2D eigenvalue weighted by Gasteiger charge is -2.20. The molecule has 1 aromatic heterocycles. The van der Waals surface area contributed by atoms with Crippen LogP contribution >= 0.6 is 0 Å². The molecule has 6 heteroatoms. The van der Waals surface area contributed by atoms with Gasteiger partial charge in [0, 0.05) is 17.2 Å². The number of hydrogen-bond acceptors (Lipinski definition) is 5. The van der Waals surface area contributed by atoms with E-state index < -0.39 is 17.4 Å². The molecule has 0 spiro atoms. The molecule has 0 bridgehead atoms. The summed E-state index contributed by atoms with van der Waals surface area (Å²) in [5, 5.41) is 10.3. The van der Waals surface area contributed by atoms with Crippen molar-refractivity contribution >= 4 is 5.97 Å². The lowest BCUT2D eigenvalue weighted by atomic mass is 9.88. The van der Waals surface area contributed by atoms with E-state index >= 15 is 0 Å². The van der Waals surface area contributed by atoms with E-state index in [1.165, 1.54) is 13.2 Å². The van der Waals surface area contributed by atoms with E-state index in [1.54, 1.807) is 38.1 Å². The van der Waals surface area contributed by atoms with Crippen LogP contribution in [-0.4, -0.2) is 29.8 Å². The number of methoxy groups -OCH3 is 1. The van der Waals surface area contributed by atoms with Gasteiger partial charge in [0.1, 0.15) is 11.5 Å². The molecule has 0 radical (unpaired) electrons. The number of aromatic amines is 1. The summed E-state index contributed by atoms with van der Waals surface area (Å²) < 4.78 is 10.4. The Labute approximate surface area is 140 Å². The Bertz CT molecular complexity index is 781. The van der Waals surface area contributed by atoms with Crippen molar-refractivity contribution in [3.8, 4) is 11.5 Å². The summed E-state index contributed by atoms with van der Waals surface area (Å²) in [5.41, 5.74) is 0.861. The van der Waals surface area contributed by atoms with Crippen LogP contribution in [0.1, 0.15) is 36.1 Å². The molecule has 0 unspecified atom stereocenters. The van der Waals surface area contributed by atoms with Crippen molar-refractivity contribution in [3.05, 3.63) is 57.5 Å². The molecule has 0 saturated heterocycles. The van der Waals surface area contributed by atoms with Gasteiger partial charge in [-0.2, -0.15) is 0 Å². The van der Waals surface area contributed by atoms with Gasteiger partial charge in [-0.05, 0) is 26.0 Å². The first kappa shape index (κ1) is 17.6. The van der Waals surface area contributed by atoms with Crippen LogP contribution in [0.25, 0.3) is 0 Å². The lowest BCUT2D eigenvalue weighted by molar-refractivity contribution is -0.143. The molecular weight excluding hydrogens is 310 g/mol. The van der Waals surface area contributed by atoms with Crippen LogP contribution in [0.4, 0.5) is 0 Å². The van der Waals surface area contributed by atoms with Crippen molar-refractivity contribution in [2.75, 3.05) is 13.7 Å². The lowest BCUT2D eigenvalue weighted by Crippen LogP contribution is -2.21. The van der Waals surface area contributed by atoms with E-state index in [1.807, 2.05) is 0 Å². The van der Waals surface area contributed by atoms with Crippen LogP contribution in [-0.2, 0) is 9.53 Å². The normalized spacial score (nSPS) is 11.8. The summed E-state index contributed by atoms with van der Waals surface area (Å²) in [6.07, 6.45) is -0.0755. The monoisotopic (exact) mass is 331 g/mol. The largest absolute Gasteiger partial charge is 0.507 e. The van der Waals surface area contributed by atoms with Gasteiger partial charge in [-0.3, -0.25) is 9.59 Å². The molecular formula is C18H21NO5. The van der Waals surface area contributed by atoms with Crippen LogP contribution < -0.4 is 10.3 Å². The minimum absolute atomic E-state index is 0.0755. The van der Waals surface area contributed by atoms with Crippen molar-refractivity contribution in [2.24, 2.45) is 0 Å². The van der Waals surface area contributed by atoms with Crippen molar-refractivity contribution in [1.29, 1.82) is 0 Å². The number of esters is 1. The molecule has 1 atom stereocenters. The van der Waals surface area contributed by atoms with Crippen LogP contribution in [0.5, 0.6) is 11.5 Å².